The van der Waals surface area contributed by atoms with Gasteiger partial charge in [-0.15, -0.1) is 0 Å². The summed E-state index contributed by atoms with van der Waals surface area (Å²) in [6, 6.07) is 10.5. The van der Waals surface area contributed by atoms with E-state index in [1.165, 1.54) is 4.31 Å². The van der Waals surface area contributed by atoms with Gasteiger partial charge < -0.3 is 4.74 Å². The van der Waals surface area contributed by atoms with Crippen molar-refractivity contribution in [1.82, 2.24) is 23.4 Å². The van der Waals surface area contributed by atoms with Crippen LogP contribution < -0.4 is 4.74 Å². The fraction of sp³-hybridized carbons (Fsp3) is 0.400. The molecule has 31 heavy (non-hydrogen) atoms. The molecule has 0 aliphatic carbocycles. The van der Waals surface area contributed by atoms with Gasteiger partial charge in [0.05, 0.1) is 11.6 Å². The Morgan fingerprint density at radius 2 is 1.81 bits per heavy atom. The molecule has 2 aromatic heterocycles. The number of pyridine rings is 1. The normalized spacial score (nSPS) is 12.2. The molecular formula is C20H26ClN5O3S2. The van der Waals surface area contributed by atoms with Crippen LogP contribution in [0.25, 0.3) is 5.65 Å². The smallest absolute Gasteiger partial charge is 0.244 e. The molecule has 0 aliphatic rings. The lowest BCUT2D eigenvalue weighted by Crippen LogP contribution is -2.30. The number of nitrogens with zero attached hydrogens (tertiary/aromatic N) is 5. The van der Waals surface area contributed by atoms with Crippen LogP contribution in [0.1, 0.15) is 13.8 Å². The minimum Gasteiger partial charge on any atom is -0.492 e. The van der Waals surface area contributed by atoms with Crippen LogP contribution in [0.15, 0.2) is 47.5 Å². The number of likely N-dealkylation sites (N-methyl/N-ethyl adjacent to an activating group) is 1. The Hall–Kier alpha value is -1.98. The van der Waals surface area contributed by atoms with E-state index in [2.05, 4.69) is 5.10 Å². The van der Waals surface area contributed by atoms with Gasteiger partial charge in [-0.3, -0.25) is 9.30 Å². The number of fused-ring (bicyclic) bond motifs is 1. The topological polar surface area (TPSA) is 72.1 Å². The summed E-state index contributed by atoms with van der Waals surface area (Å²) >= 11 is 11.4. The second-order valence-corrected chi connectivity index (χ2v) is 9.73. The number of hydrogen-bond donors (Lipinski definition) is 0. The highest BCUT2D eigenvalue weighted by Crippen LogP contribution is 2.17. The number of benzene rings is 1. The molecule has 0 radical (unpaired) electrons. The van der Waals surface area contributed by atoms with Crippen LogP contribution in [0.5, 0.6) is 5.75 Å². The standard InChI is InChI=1S/C20H26ClN5O3S2/c1-4-24(5-2)31(27,28)18-10-11-19-22-26(20(30)25(19)14-18)15-23(3)12-13-29-17-8-6-16(21)7-9-17/h6-11,14H,4-5,12-13,15H2,1-3H3. The first kappa shape index (κ1) is 23.7. The van der Waals surface area contributed by atoms with E-state index in [1.54, 1.807) is 39.5 Å². The summed E-state index contributed by atoms with van der Waals surface area (Å²) in [6.07, 6.45) is 1.54. The molecule has 0 unspecified atom stereocenters. The predicted molar refractivity (Wildman–Crippen MR) is 124 cm³/mol. The summed E-state index contributed by atoms with van der Waals surface area (Å²) in [5.41, 5.74) is 0.592. The monoisotopic (exact) mass is 483 g/mol. The first-order valence-corrected chi connectivity index (χ1v) is 12.1. The zero-order valence-corrected chi connectivity index (χ0v) is 20.1. The van der Waals surface area contributed by atoms with E-state index in [4.69, 9.17) is 28.6 Å². The quantitative estimate of drug-likeness (QED) is 0.411. The molecule has 11 heteroatoms. The molecule has 168 valence electrons. The fourth-order valence-corrected chi connectivity index (χ4v) is 4.93. The largest absolute Gasteiger partial charge is 0.492 e. The van der Waals surface area contributed by atoms with Gasteiger partial charge in [0.15, 0.2) is 5.65 Å². The van der Waals surface area contributed by atoms with Crippen molar-refractivity contribution in [3.8, 4) is 5.75 Å². The van der Waals surface area contributed by atoms with Gasteiger partial charge in [-0.05, 0) is 55.7 Å². The second kappa shape index (κ2) is 10.1. The summed E-state index contributed by atoms with van der Waals surface area (Å²) in [6.45, 7) is 6.04. The van der Waals surface area contributed by atoms with Crippen molar-refractivity contribution in [3.63, 3.8) is 0 Å². The summed E-state index contributed by atoms with van der Waals surface area (Å²) in [5.74, 6) is 0.754. The van der Waals surface area contributed by atoms with Crippen LogP contribution in [0.2, 0.25) is 5.02 Å². The number of rotatable bonds is 10. The molecule has 1 aromatic carbocycles. The third-order valence-electron chi connectivity index (χ3n) is 4.82. The molecule has 0 atom stereocenters. The SMILES string of the molecule is CCN(CC)S(=O)(=O)c1ccc2nn(CN(C)CCOc3ccc(Cl)cc3)c(=S)n2c1. The Kier molecular flexibility index (Phi) is 7.71. The van der Waals surface area contributed by atoms with Crippen molar-refractivity contribution in [2.75, 3.05) is 33.3 Å². The van der Waals surface area contributed by atoms with Crippen molar-refractivity contribution in [3.05, 3.63) is 52.4 Å². The Morgan fingerprint density at radius 1 is 1.13 bits per heavy atom. The van der Waals surface area contributed by atoms with Crippen LogP contribution in [0.4, 0.5) is 0 Å². The Balaban J connectivity index is 1.70. The summed E-state index contributed by atoms with van der Waals surface area (Å²) in [7, 11) is -1.63. The van der Waals surface area contributed by atoms with E-state index in [0.29, 0.717) is 48.4 Å². The van der Waals surface area contributed by atoms with Gasteiger partial charge in [-0.2, -0.15) is 9.40 Å². The van der Waals surface area contributed by atoms with Gasteiger partial charge in [0.25, 0.3) is 0 Å². The molecule has 3 rings (SSSR count). The minimum absolute atomic E-state index is 0.198. The number of sulfonamides is 1. The number of halogens is 1. The van der Waals surface area contributed by atoms with Crippen LogP contribution in [-0.2, 0) is 16.7 Å². The van der Waals surface area contributed by atoms with Crippen molar-refractivity contribution in [1.29, 1.82) is 0 Å². The Labute approximate surface area is 192 Å². The molecule has 2 heterocycles. The third-order valence-corrected chi connectivity index (χ3v) is 7.52. The fourth-order valence-electron chi connectivity index (χ4n) is 3.11. The van der Waals surface area contributed by atoms with Gasteiger partial charge in [0.1, 0.15) is 12.4 Å². The summed E-state index contributed by atoms with van der Waals surface area (Å²) in [5, 5.41) is 5.17. The summed E-state index contributed by atoms with van der Waals surface area (Å²) < 4.78 is 36.5. The molecule has 0 saturated heterocycles. The number of hydrogen-bond acceptors (Lipinski definition) is 6. The van der Waals surface area contributed by atoms with Gasteiger partial charge in [-0.25, -0.2) is 13.1 Å². The van der Waals surface area contributed by atoms with Crippen LogP contribution in [0.3, 0.4) is 0 Å². The van der Waals surface area contributed by atoms with Gasteiger partial charge in [0.2, 0.25) is 14.8 Å². The average molecular weight is 484 g/mol. The molecule has 0 fully saturated rings. The zero-order chi connectivity index (χ0) is 22.6. The Bertz CT molecular complexity index is 1190. The summed E-state index contributed by atoms with van der Waals surface area (Å²) in [4.78, 5) is 2.22. The maximum atomic E-state index is 12.8. The van der Waals surface area contributed by atoms with Crippen LogP contribution in [-0.4, -0.2) is 65.1 Å². The lowest BCUT2D eigenvalue weighted by molar-refractivity contribution is 0.198. The van der Waals surface area contributed by atoms with Crippen LogP contribution >= 0.6 is 23.8 Å². The van der Waals surface area contributed by atoms with Gasteiger partial charge >= 0.3 is 0 Å². The van der Waals surface area contributed by atoms with E-state index in [9.17, 15) is 8.42 Å². The lowest BCUT2D eigenvalue weighted by atomic mass is 10.3. The molecule has 0 amide bonds. The highest BCUT2D eigenvalue weighted by Gasteiger charge is 2.22. The van der Waals surface area contributed by atoms with Crippen molar-refractivity contribution in [2.45, 2.75) is 25.4 Å². The molecule has 0 bridgehead atoms. The Morgan fingerprint density at radius 3 is 2.45 bits per heavy atom. The second-order valence-electron chi connectivity index (χ2n) is 6.99. The van der Waals surface area contributed by atoms with E-state index in [1.807, 2.05) is 37.9 Å². The average Bonchev–Trinajstić information content (AvgIpc) is 3.05. The molecule has 0 aliphatic heterocycles. The molecule has 0 saturated carbocycles. The highest BCUT2D eigenvalue weighted by atomic mass is 35.5. The van der Waals surface area contributed by atoms with E-state index >= 15 is 0 Å². The van der Waals surface area contributed by atoms with Crippen molar-refractivity contribution >= 4 is 39.5 Å². The first-order valence-electron chi connectivity index (χ1n) is 9.92. The van der Waals surface area contributed by atoms with E-state index in [-0.39, 0.29) is 4.90 Å². The molecule has 0 N–H and O–H groups in total. The maximum absolute atomic E-state index is 12.8. The maximum Gasteiger partial charge on any atom is 0.244 e. The third kappa shape index (κ3) is 5.45. The van der Waals surface area contributed by atoms with E-state index in [0.717, 1.165) is 5.75 Å². The van der Waals surface area contributed by atoms with Crippen molar-refractivity contribution in [2.24, 2.45) is 0 Å². The molecule has 8 nitrogen and oxygen atoms in total. The number of aromatic nitrogens is 3. The first-order chi connectivity index (χ1) is 14.8. The predicted octanol–water partition coefficient (Wildman–Crippen LogP) is 3.52. The zero-order valence-electron chi connectivity index (χ0n) is 17.7. The van der Waals surface area contributed by atoms with Crippen molar-refractivity contribution < 1.29 is 13.2 Å². The molecular weight excluding hydrogens is 458 g/mol. The minimum atomic E-state index is -3.57. The lowest BCUT2D eigenvalue weighted by Gasteiger charge is -2.18. The van der Waals surface area contributed by atoms with E-state index < -0.39 is 10.0 Å². The van der Waals surface area contributed by atoms with Crippen LogP contribution in [0, 0.1) is 4.77 Å². The van der Waals surface area contributed by atoms with Gasteiger partial charge in [0, 0.05) is 30.9 Å². The highest BCUT2D eigenvalue weighted by molar-refractivity contribution is 7.89. The molecule has 0 spiro atoms. The molecule has 3 aromatic rings. The van der Waals surface area contributed by atoms with Gasteiger partial charge in [-0.1, -0.05) is 25.4 Å². The number of ether oxygens (including phenoxy) is 1.